The summed E-state index contributed by atoms with van der Waals surface area (Å²) in [6.07, 6.45) is 1.44. The Morgan fingerprint density at radius 1 is 0.970 bits per heavy atom. The first-order valence-corrected chi connectivity index (χ1v) is 11.0. The van der Waals surface area contributed by atoms with Crippen LogP contribution in [0.15, 0.2) is 60.7 Å². The molecule has 3 aromatic rings. The SMILES string of the molecule is COc1ccccc1NC(=O)c1ccc(NC(=O)C2CCN(c3ccc(Cl)nn3)CC2)cc1. The molecule has 0 spiro atoms. The molecule has 2 amide bonds. The molecule has 0 unspecified atom stereocenters. The van der Waals surface area contributed by atoms with Crippen LogP contribution >= 0.6 is 11.6 Å². The molecule has 1 saturated heterocycles. The third-order valence-corrected chi connectivity index (χ3v) is 5.78. The molecule has 0 aliphatic carbocycles. The van der Waals surface area contributed by atoms with Crippen molar-refractivity contribution in [3.05, 3.63) is 71.4 Å². The summed E-state index contributed by atoms with van der Waals surface area (Å²) >= 11 is 5.80. The predicted octanol–water partition coefficient (Wildman–Crippen LogP) is 4.25. The van der Waals surface area contributed by atoms with Crippen molar-refractivity contribution >= 4 is 40.6 Å². The third-order valence-electron chi connectivity index (χ3n) is 5.58. The zero-order valence-electron chi connectivity index (χ0n) is 18.1. The van der Waals surface area contributed by atoms with Gasteiger partial charge in [-0.1, -0.05) is 23.7 Å². The lowest BCUT2D eigenvalue weighted by Gasteiger charge is -2.31. The molecule has 1 aliphatic rings. The minimum Gasteiger partial charge on any atom is -0.495 e. The molecule has 0 atom stereocenters. The van der Waals surface area contributed by atoms with Gasteiger partial charge in [0.2, 0.25) is 5.91 Å². The van der Waals surface area contributed by atoms with Crippen LogP contribution < -0.4 is 20.3 Å². The van der Waals surface area contributed by atoms with E-state index in [2.05, 4.69) is 25.7 Å². The van der Waals surface area contributed by atoms with Gasteiger partial charge in [-0.05, 0) is 61.4 Å². The van der Waals surface area contributed by atoms with E-state index in [4.69, 9.17) is 16.3 Å². The Labute approximate surface area is 196 Å². The fraction of sp³-hybridized carbons (Fsp3) is 0.250. The van der Waals surface area contributed by atoms with Gasteiger partial charge in [0.1, 0.15) is 5.75 Å². The van der Waals surface area contributed by atoms with Crippen LogP contribution in [0.4, 0.5) is 17.2 Å². The van der Waals surface area contributed by atoms with Crippen molar-refractivity contribution in [2.75, 3.05) is 35.7 Å². The van der Waals surface area contributed by atoms with Gasteiger partial charge in [-0.15, -0.1) is 10.2 Å². The number of hydrogen-bond acceptors (Lipinski definition) is 6. The average molecular weight is 466 g/mol. The summed E-state index contributed by atoms with van der Waals surface area (Å²) in [6.45, 7) is 1.44. The maximum atomic E-state index is 12.7. The summed E-state index contributed by atoms with van der Waals surface area (Å²) in [5.74, 6) is 0.984. The van der Waals surface area contributed by atoms with Crippen LogP contribution in [-0.4, -0.2) is 42.2 Å². The van der Waals surface area contributed by atoms with Gasteiger partial charge in [-0.2, -0.15) is 0 Å². The predicted molar refractivity (Wildman–Crippen MR) is 128 cm³/mol. The Morgan fingerprint density at radius 3 is 2.36 bits per heavy atom. The number of halogens is 1. The van der Waals surface area contributed by atoms with Crippen molar-refractivity contribution < 1.29 is 14.3 Å². The second kappa shape index (κ2) is 10.3. The molecular formula is C24H24ClN5O3. The maximum absolute atomic E-state index is 12.7. The first kappa shape index (κ1) is 22.5. The standard InChI is InChI=1S/C24H24ClN5O3/c1-33-20-5-3-2-4-19(20)27-24(32)16-6-8-18(9-7-16)26-23(31)17-12-14-30(15-13-17)22-11-10-21(25)28-29-22/h2-11,17H,12-15H2,1H3,(H,26,31)(H,27,32). The lowest BCUT2D eigenvalue weighted by molar-refractivity contribution is -0.120. The molecule has 1 aromatic heterocycles. The molecule has 0 bridgehead atoms. The quantitative estimate of drug-likeness (QED) is 0.565. The molecule has 33 heavy (non-hydrogen) atoms. The fourth-order valence-corrected chi connectivity index (χ4v) is 3.84. The highest BCUT2D eigenvalue weighted by atomic mass is 35.5. The Kier molecular flexibility index (Phi) is 7.04. The molecule has 170 valence electrons. The summed E-state index contributed by atoms with van der Waals surface area (Å²) in [5, 5.41) is 14.1. The molecular weight excluding hydrogens is 442 g/mol. The number of ether oxygens (including phenoxy) is 1. The van der Waals surface area contributed by atoms with E-state index < -0.39 is 0 Å². The topological polar surface area (TPSA) is 96.5 Å². The van der Waals surface area contributed by atoms with Gasteiger partial charge in [0.25, 0.3) is 5.91 Å². The lowest BCUT2D eigenvalue weighted by atomic mass is 9.95. The Bertz CT molecular complexity index is 1110. The first-order chi connectivity index (χ1) is 16.0. The van der Waals surface area contributed by atoms with E-state index in [1.807, 2.05) is 18.2 Å². The van der Waals surface area contributed by atoms with Gasteiger partial charge in [0, 0.05) is 30.3 Å². The minimum atomic E-state index is -0.255. The average Bonchev–Trinajstić information content (AvgIpc) is 2.85. The van der Waals surface area contributed by atoms with Crippen LogP contribution in [0.1, 0.15) is 23.2 Å². The Hall–Kier alpha value is -3.65. The van der Waals surface area contributed by atoms with E-state index >= 15 is 0 Å². The van der Waals surface area contributed by atoms with Crippen LogP contribution in [0.25, 0.3) is 0 Å². The monoisotopic (exact) mass is 465 g/mol. The van der Waals surface area contributed by atoms with Crippen molar-refractivity contribution in [1.82, 2.24) is 10.2 Å². The van der Waals surface area contributed by atoms with Gasteiger partial charge in [0.15, 0.2) is 11.0 Å². The summed E-state index contributed by atoms with van der Waals surface area (Å²) in [4.78, 5) is 27.4. The number of rotatable bonds is 6. The van der Waals surface area contributed by atoms with E-state index in [9.17, 15) is 9.59 Å². The number of aromatic nitrogens is 2. The van der Waals surface area contributed by atoms with E-state index in [0.29, 0.717) is 27.8 Å². The van der Waals surface area contributed by atoms with Crippen LogP contribution in [0.3, 0.4) is 0 Å². The van der Waals surface area contributed by atoms with Crippen molar-refractivity contribution in [2.24, 2.45) is 5.92 Å². The van der Waals surface area contributed by atoms with Crippen molar-refractivity contribution in [3.8, 4) is 5.75 Å². The van der Waals surface area contributed by atoms with Crippen LogP contribution in [0.2, 0.25) is 5.15 Å². The van der Waals surface area contributed by atoms with Crippen LogP contribution in [0, 0.1) is 5.92 Å². The Balaban J connectivity index is 1.30. The van der Waals surface area contributed by atoms with Crippen LogP contribution in [-0.2, 0) is 4.79 Å². The van der Waals surface area contributed by atoms with Gasteiger partial charge in [-0.25, -0.2) is 0 Å². The molecule has 1 aliphatic heterocycles. The van der Waals surface area contributed by atoms with E-state index in [1.54, 1.807) is 49.6 Å². The smallest absolute Gasteiger partial charge is 0.255 e. The highest BCUT2D eigenvalue weighted by Crippen LogP contribution is 2.25. The fourth-order valence-electron chi connectivity index (χ4n) is 3.74. The largest absolute Gasteiger partial charge is 0.495 e. The van der Waals surface area contributed by atoms with Gasteiger partial charge in [0.05, 0.1) is 12.8 Å². The maximum Gasteiger partial charge on any atom is 0.255 e. The van der Waals surface area contributed by atoms with Gasteiger partial charge >= 0.3 is 0 Å². The number of carbonyl (C=O) groups excluding carboxylic acids is 2. The zero-order chi connectivity index (χ0) is 23.2. The van der Waals surface area contributed by atoms with Crippen molar-refractivity contribution in [1.29, 1.82) is 0 Å². The zero-order valence-corrected chi connectivity index (χ0v) is 18.9. The van der Waals surface area contributed by atoms with E-state index in [0.717, 1.165) is 31.7 Å². The highest BCUT2D eigenvalue weighted by Gasteiger charge is 2.26. The molecule has 2 N–H and O–H groups in total. The molecule has 1 fully saturated rings. The molecule has 0 radical (unpaired) electrons. The van der Waals surface area contributed by atoms with Gasteiger partial charge in [-0.3, -0.25) is 9.59 Å². The summed E-state index contributed by atoms with van der Waals surface area (Å²) in [7, 11) is 1.55. The normalized spacial score (nSPS) is 13.9. The second-order valence-corrected chi connectivity index (χ2v) is 8.08. The summed E-state index contributed by atoms with van der Waals surface area (Å²) < 4.78 is 5.26. The number of piperidine rings is 1. The van der Waals surface area contributed by atoms with Crippen molar-refractivity contribution in [3.63, 3.8) is 0 Å². The number of methoxy groups -OCH3 is 1. The number of anilines is 3. The molecule has 4 rings (SSSR count). The lowest BCUT2D eigenvalue weighted by Crippen LogP contribution is -2.38. The number of nitrogens with one attached hydrogen (secondary N) is 2. The number of hydrogen-bond donors (Lipinski definition) is 2. The highest BCUT2D eigenvalue weighted by molar-refractivity contribution is 6.29. The van der Waals surface area contributed by atoms with Crippen LogP contribution in [0.5, 0.6) is 5.75 Å². The number of amides is 2. The number of benzene rings is 2. The summed E-state index contributed by atoms with van der Waals surface area (Å²) in [6, 6.07) is 17.6. The number of nitrogens with zero attached hydrogens (tertiary/aromatic N) is 3. The molecule has 0 saturated carbocycles. The Morgan fingerprint density at radius 2 is 1.70 bits per heavy atom. The second-order valence-electron chi connectivity index (χ2n) is 7.70. The molecule has 2 heterocycles. The summed E-state index contributed by atoms with van der Waals surface area (Å²) in [5.41, 5.74) is 1.73. The van der Waals surface area contributed by atoms with E-state index in [1.165, 1.54) is 0 Å². The number of carbonyl (C=O) groups is 2. The van der Waals surface area contributed by atoms with Crippen molar-refractivity contribution in [2.45, 2.75) is 12.8 Å². The minimum absolute atomic E-state index is 0.0249. The van der Waals surface area contributed by atoms with Gasteiger partial charge < -0.3 is 20.3 Å². The number of para-hydroxylation sites is 2. The first-order valence-electron chi connectivity index (χ1n) is 10.6. The molecule has 9 heteroatoms. The molecule has 8 nitrogen and oxygen atoms in total. The molecule has 2 aromatic carbocycles. The third kappa shape index (κ3) is 5.59. The van der Waals surface area contributed by atoms with E-state index in [-0.39, 0.29) is 17.7 Å².